The summed E-state index contributed by atoms with van der Waals surface area (Å²) in [7, 11) is 3.42. The fourth-order valence-electron chi connectivity index (χ4n) is 9.11. The van der Waals surface area contributed by atoms with Gasteiger partial charge < -0.3 is 30.7 Å². The zero-order valence-corrected chi connectivity index (χ0v) is 32.0. The summed E-state index contributed by atoms with van der Waals surface area (Å²) in [6.45, 7) is 4.54. The average Bonchev–Trinajstić information content (AvgIpc) is 3.78. The molecular formula is C38H49F6N9O4. The first kappa shape index (κ1) is 41.0. The van der Waals surface area contributed by atoms with Gasteiger partial charge in [0.1, 0.15) is 5.82 Å². The molecule has 57 heavy (non-hydrogen) atoms. The molecule has 0 unspecified atom stereocenters. The molecule has 5 aliphatic rings. The van der Waals surface area contributed by atoms with E-state index in [4.69, 9.17) is 19.7 Å². The zero-order chi connectivity index (χ0) is 40.7. The minimum Gasteiger partial charge on any atom is -0.475 e. The van der Waals surface area contributed by atoms with Gasteiger partial charge in [-0.25, -0.2) is 27.5 Å². The Morgan fingerprint density at radius 3 is 2.37 bits per heavy atom. The van der Waals surface area contributed by atoms with E-state index in [0.29, 0.717) is 59.9 Å². The van der Waals surface area contributed by atoms with E-state index in [2.05, 4.69) is 20.9 Å². The monoisotopic (exact) mass is 809 g/mol. The predicted octanol–water partition coefficient (Wildman–Crippen LogP) is 4.82. The Kier molecular flexibility index (Phi) is 11.7. The number of fused-ring (bicyclic) bond motifs is 2. The van der Waals surface area contributed by atoms with Crippen LogP contribution in [-0.4, -0.2) is 132 Å². The molecule has 312 valence electrons. The fraction of sp³-hybridized carbons (Fsp3) is 0.632. The number of nitrogens with zero attached hydrogens (tertiary/aromatic N) is 6. The Balaban J connectivity index is 0.000000651. The van der Waals surface area contributed by atoms with E-state index >= 15 is 13.2 Å². The lowest BCUT2D eigenvalue weighted by Crippen LogP contribution is -2.60. The van der Waals surface area contributed by atoms with Gasteiger partial charge in [-0.1, -0.05) is 0 Å². The molecule has 2 aromatic heterocycles. The molecule has 0 radical (unpaired) electrons. The van der Waals surface area contributed by atoms with Crippen LogP contribution in [0.5, 0.6) is 0 Å². The molecule has 1 aliphatic carbocycles. The SMILES string of the molecule is CNc1cc(N2CCc3c(CN4CC[C@@H](N5CCC6(CCNCC6)CC5)C(F)(F)C4)cc(F)cc32)nn2c(C(=O)N[C@@H]3CC[C@H]3OC)cnc12.O=C(O)C(F)(F)F. The zero-order valence-electron chi connectivity index (χ0n) is 32.0. The number of likely N-dealkylation sites (tertiary alicyclic amines) is 2. The molecule has 4 fully saturated rings. The van der Waals surface area contributed by atoms with Gasteiger partial charge in [0.2, 0.25) is 0 Å². The number of piperidine rings is 3. The van der Waals surface area contributed by atoms with Gasteiger partial charge in [0, 0.05) is 45.5 Å². The van der Waals surface area contributed by atoms with Crippen molar-refractivity contribution >= 4 is 34.7 Å². The number of hydrogen-bond donors (Lipinski definition) is 4. The summed E-state index contributed by atoms with van der Waals surface area (Å²) in [6.07, 6.45) is 3.45. The quantitative estimate of drug-likeness (QED) is 0.233. The topological polar surface area (TPSA) is 140 Å². The molecule has 1 spiro atoms. The molecule has 3 saturated heterocycles. The minimum absolute atomic E-state index is 0.0148. The molecule has 1 aromatic carbocycles. The third-order valence-electron chi connectivity index (χ3n) is 12.5. The summed E-state index contributed by atoms with van der Waals surface area (Å²) in [5.74, 6) is -5.79. The second kappa shape index (κ2) is 16.2. The minimum atomic E-state index is -5.08. The van der Waals surface area contributed by atoms with Crippen molar-refractivity contribution < 1.29 is 45.8 Å². The van der Waals surface area contributed by atoms with Crippen LogP contribution < -0.4 is 20.9 Å². The van der Waals surface area contributed by atoms with Crippen molar-refractivity contribution in [2.24, 2.45) is 5.41 Å². The Morgan fingerprint density at radius 2 is 1.75 bits per heavy atom. The van der Waals surface area contributed by atoms with Gasteiger partial charge in [0.05, 0.1) is 36.6 Å². The first-order valence-corrected chi connectivity index (χ1v) is 19.5. The molecular weight excluding hydrogens is 760 g/mol. The Hall–Kier alpha value is -4.20. The van der Waals surface area contributed by atoms with E-state index in [1.54, 1.807) is 19.1 Å². The second-order valence-electron chi connectivity index (χ2n) is 15.8. The Morgan fingerprint density at radius 1 is 1.04 bits per heavy atom. The Bertz CT molecular complexity index is 1940. The lowest BCUT2D eigenvalue weighted by molar-refractivity contribution is -0.192. The molecule has 3 atom stereocenters. The number of aromatic nitrogens is 3. The van der Waals surface area contributed by atoms with Crippen LogP contribution in [0.15, 0.2) is 24.4 Å². The lowest BCUT2D eigenvalue weighted by atomic mass is 9.71. The number of hydrogen-bond acceptors (Lipinski definition) is 10. The highest BCUT2D eigenvalue weighted by molar-refractivity contribution is 5.94. The van der Waals surface area contributed by atoms with Gasteiger partial charge in [-0.05, 0) is 106 Å². The van der Waals surface area contributed by atoms with Crippen LogP contribution in [0.4, 0.5) is 43.5 Å². The highest BCUT2D eigenvalue weighted by Gasteiger charge is 2.49. The number of carbonyl (C=O) groups is 2. The number of imidazole rings is 1. The molecule has 1 amide bonds. The van der Waals surface area contributed by atoms with Crippen LogP contribution in [0.3, 0.4) is 0 Å². The summed E-state index contributed by atoms with van der Waals surface area (Å²) < 4.78 is 85.7. The van der Waals surface area contributed by atoms with Gasteiger partial charge in [0.15, 0.2) is 17.2 Å². The fourth-order valence-corrected chi connectivity index (χ4v) is 9.11. The van der Waals surface area contributed by atoms with Crippen molar-refractivity contribution in [3.8, 4) is 0 Å². The maximum absolute atomic E-state index is 15.8. The predicted molar refractivity (Wildman–Crippen MR) is 199 cm³/mol. The highest BCUT2D eigenvalue weighted by Crippen LogP contribution is 2.43. The number of aliphatic carboxylic acids is 1. The van der Waals surface area contributed by atoms with E-state index in [1.807, 2.05) is 15.9 Å². The second-order valence-corrected chi connectivity index (χ2v) is 15.8. The Labute approximate surface area is 326 Å². The van der Waals surface area contributed by atoms with Crippen molar-refractivity contribution in [2.75, 3.05) is 70.2 Å². The van der Waals surface area contributed by atoms with Gasteiger partial charge in [-0.2, -0.15) is 13.2 Å². The van der Waals surface area contributed by atoms with Crippen molar-refractivity contribution in [3.05, 3.63) is 47.0 Å². The van der Waals surface area contributed by atoms with Crippen LogP contribution in [0.25, 0.3) is 5.65 Å². The third-order valence-corrected chi connectivity index (χ3v) is 12.5. The smallest absolute Gasteiger partial charge is 0.475 e. The number of anilines is 3. The maximum atomic E-state index is 15.8. The molecule has 8 rings (SSSR count). The van der Waals surface area contributed by atoms with Crippen molar-refractivity contribution in [3.63, 3.8) is 0 Å². The number of amides is 1. The summed E-state index contributed by atoms with van der Waals surface area (Å²) in [4.78, 5) is 32.4. The lowest BCUT2D eigenvalue weighted by Gasteiger charge is -2.50. The van der Waals surface area contributed by atoms with Gasteiger partial charge >= 0.3 is 12.1 Å². The van der Waals surface area contributed by atoms with Crippen LogP contribution in [-0.2, 0) is 22.5 Å². The summed E-state index contributed by atoms with van der Waals surface area (Å²) in [5.41, 5.74) is 4.11. The molecule has 13 nitrogen and oxygen atoms in total. The van der Waals surface area contributed by atoms with Crippen molar-refractivity contribution in [1.82, 2.24) is 35.0 Å². The van der Waals surface area contributed by atoms with E-state index in [9.17, 15) is 18.0 Å². The number of nitrogens with one attached hydrogen (secondary N) is 3. The number of benzene rings is 1. The van der Waals surface area contributed by atoms with Crippen LogP contribution >= 0.6 is 0 Å². The average molecular weight is 810 g/mol. The number of alkyl halides is 5. The van der Waals surface area contributed by atoms with Gasteiger partial charge in [0.25, 0.3) is 11.8 Å². The largest absolute Gasteiger partial charge is 0.490 e. The number of methoxy groups -OCH3 is 1. The van der Waals surface area contributed by atoms with Crippen LogP contribution in [0.1, 0.15) is 66.6 Å². The normalized spacial score (nSPS) is 24.7. The van der Waals surface area contributed by atoms with Gasteiger partial charge in [-0.15, -0.1) is 5.10 Å². The molecule has 19 heteroatoms. The van der Waals surface area contributed by atoms with Crippen molar-refractivity contribution in [2.45, 2.75) is 88.2 Å². The van der Waals surface area contributed by atoms with E-state index < -0.39 is 29.9 Å². The molecule has 3 aromatic rings. The molecule has 4 N–H and O–H groups in total. The van der Waals surface area contributed by atoms with Crippen molar-refractivity contribution in [1.29, 1.82) is 0 Å². The van der Waals surface area contributed by atoms with E-state index in [0.717, 1.165) is 75.8 Å². The number of carboxylic acid groups (broad SMARTS) is 1. The molecule has 0 bridgehead atoms. The molecule has 4 aliphatic heterocycles. The third kappa shape index (κ3) is 8.52. The highest BCUT2D eigenvalue weighted by atomic mass is 19.4. The van der Waals surface area contributed by atoms with E-state index in [1.165, 1.54) is 22.8 Å². The summed E-state index contributed by atoms with van der Waals surface area (Å²) >= 11 is 0. The van der Waals surface area contributed by atoms with Crippen LogP contribution in [0, 0.1) is 11.2 Å². The first-order valence-electron chi connectivity index (χ1n) is 19.5. The number of rotatable bonds is 8. The number of carbonyl (C=O) groups excluding carboxylic acids is 1. The summed E-state index contributed by atoms with van der Waals surface area (Å²) in [5, 5.41) is 21.6. The number of ether oxygens (including phenoxy) is 1. The van der Waals surface area contributed by atoms with E-state index in [-0.39, 0.29) is 31.1 Å². The first-order chi connectivity index (χ1) is 27.1. The molecule has 1 saturated carbocycles. The van der Waals surface area contributed by atoms with Crippen LogP contribution in [0.2, 0.25) is 0 Å². The summed E-state index contributed by atoms with van der Waals surface area (Å²) in [6, 6.07) is 4.01. The number of halogens is 6. The molecule has 6 heterocycles. The number of carboxylic acids is 1. The van der Waals surface area contributed by atoms with Gasteiger partial charge in [-0.3, -0.25) is 14.6 Å². The standard InChI is InChI=1S/C36H48F3N9O2.C2HF3O2/c1-40-27-19-32(44-48-29(20-42-33(27)48)34(49)43-26-3-4-30(26)50-2)47-14-5-25-23(17-24(37)18-28(25)47)21-45-13-6-31(36(38,39)22-45)46-15-9-35(10-16-46)7-11-41-12-8-35;3-2(4,5)1(6)7/h17-20,26,30-31,40-41H,3-16,21-22H2,1-2H3,(H,43,49);(H,6,7)/t26-,30-,31-;/m1./s1. The maximum Gasteiger partial charge on any atom is 0.490 e.